The summed E-state index contributed by atoms with van der Waals surface area (Å²) >= 11 is 5.25. The van der Waals surface area contributed by atoms with E-state index in [4.69, 9.17) is 35.7 Å². The summed E-state index contributed by atoms with van der Waals surface area (Å²) in [5, 5.41) is 0.552. The molecule has 1 saturated heterocycles. The van der Waals surface area contributed by atoms with E-state index in [2.05, 4.69) is 59.6 Å². The minimum Gasteiger partial charge on any atom is -0.414 e. The maximum atomic E-state index is 13.1. The average molecular weight is 606 g/mol. The highest BCUT2D eigenvalue weighted by atomic mass is 32.2. The molecule has 0 bridgehead atoms. The van der Waals surface area contributed by atoms with Crippen molar-refractivity contribution in [2.75, 3.05) is 6.61 Å². The lowest BCUT2D eigenvalue weighted by molar-refractivity contribution is -0.0563. The molecule has 3 heterocycles. The zero-order valence-electron chi connectivity index (χ0n) is 24.3. The number of nitrogens with two attached hydrogens (primary N) is 1. The van der Waals surface area contributed by atoms with Crippen molar-refractivity contribution in [1.82, 2.24) is 9.55 Å². The van der Waals surface area contributed by atoms with Gasteiger partial charge in [-0.3, -0.25) is 9.55 Å². The Morgan fingerprint density at radius 3 is 2.16 bits per heavy atom. The molecule has 2 aliphatic rings. The second-order valence-corrected chi connectivity index (χ2v) is 24.7. The van der Waals surface area contributed by atoms with Crippen molar-refractivity contribution in [2.24, 2.45) is 5.73 Å². The van der Waals surface area contributed by atoms with Gasteiger partial charge < -0.3 is 19.3 Å². The summed E-state index contributed by atoms with van der Waals surface area (Å²) in [4.78, 5) is 15.8. The summed E-state index contributed by atoms with van der Waals surface area (Å²) in [5.41, 5.74) is 4.84. The highest BCUT2D eigenvalue weighted by Crippen LogP contribution is 2.52. The number of H-pyrrole nitrogens is 1. The number of aryl methyl sites for hydroxylation is 1. The molecule has 10 nitrogen and oxygen atoms in total. The molecule has 1 spiro atoms. The van der Waals surface area contributed by atoms with Gasteiger partial charge in [0.2, 0.25) is 0 Å². The first-order valence-corrected chi connectivity index (χ1v) is 20.4. The Balaban J connectivity index is 2.24. The van der Waals surface area contributed by atoms with Gasteiger partial charge in [0.05, 0.1) is 17.7 Å². The molecule has 1 fully saturated rings. The first-order chi connectivity index (χ1) is 17.0. The zero-order valence-corrected chi connectivity index (χ0v) is 27.9. The van der Waals surface area contributed by atoms with Gasteiger partial charge in [-0.15, -0.1) is 0 Å². The fourth-order valence-electron chi connectivity index (χ4n) is 3.99. The third kappa shape index (κ3) is 5.55. The molecule has 4 atom stereocenters. The van der Waals surface area contributed by atoms with Gasteiger partial charge >= 0.3 is 5.69 Å². The van der Waals surface area contributed by atoms with E-state index in [-0.39, 0.29) is 22.4 Å². The minimum atomic E-state index is -4.14. The third-order valence-electron chi connectivity index (χ3n) is 8.49. The molecule has 2 aliphatic heterocycles. The van der Waals surface area contributed by atoms with Crippen LogP contribution >= 0.6 is 12.2 Å². The van der Waals surface area contributed by atoms with E-state index in [9.17, 15) is 13.2 Å². The van der Waals surface area contributed by atoms with Gasteiger partial charge in [0.25, 0.3) is 10.1 Å². The van der Waals surface area contributed by atoms with Crippen LogP contribution in [0.25, 0.3) is 0 Å². The molecule has 38 heavy (non-hydrogen) atoms. The Kier molecular flexibility index (Phi) is 8.05. The van der Waals surface area contributed by atoms with Crippen molar-refractivity contribution in [3.63, 3.8) is 0 Å². The zero-order chi connectivity index (χ0) is 29.3. The van der Waals surface area contributed by atoms with E-state index in [1.807, 2.05) is 13.1 Å². The molecule has 0 radical (unpaired) electrons. The summed E-state index contributed by atoms with van der Waals surface area (Å²) in [7, 11) is -9.03. The van der Waals surface area contributed by atoms with Crippen LogP contribution in [-0.4, -0.2) is 59.0 Å². The second kappa shape index (κ2) is 9.75. The van der Waals surface area contributed by atoms with Gasteiger partial charge in [0.1, 0.15) is 16.8 Å². The van der Waals surface area contributed by atoms with Crippen LogP contribution in [-0.2, 0) is 27.9 Å². The summed E-state index contributed by atoms with van der Waals surface area (Å²) in [6, 6.07) is 0. The van der Waals surface area contributed by atoms with E-state index >= 15 is 0 Å². The van der Waals surface area contributed by atoms with Crippen LogP contribution in [0.2, 0.25) is 36.3 Å². The number of aromatic nitrogens is 2. The third-order valence-corrected chi connectivity index (χ3v) is 18.9. The van der Waals surface area contributed by atoms with Crippen molar-refractivity contribution in [3.05, 3.63) is 38.0 Å². The first kappa shape index (κ1) is 31.4. The number of nitrogens with zero attached hydrogens (tertiary/aromatic N) is 1. The summed E-state index contributed by atoms with van der Waals surface area (Å²) < 4.78 is 52.9. The predicted octanol–water partition coefficient (Wildman–Crippen LogP) is 4.42. The largest absolute Gasteiger partial charge is 0.414 e. The first-order valence-electron chi connectivity index (χ1n) is 12.7. The van der Waals surface area contributed by atoms with E-state index in [0.717, 1.165) is 5.41 Å². The lowest BCUT2D eigenvalue weighted by Gasteiger charge is -2.43. The molecule has 3 N–H and O–H groups in total. The topological polar surface area (TPSA) is 135 Å². The molecule has 0 amide bonds. The van der Waals surface area contributed by atoms with Gasteiger partial charge in [-0.25, -0.2) is 8.98 Å². The summed E-state index contributed by atoms with van der Waals surface area (Å²) in [6.07, 6.45) is -1.51. The van der Waals surface area contributed by atoms with Crippen LogP contribution < -0.4 is 11.4 Å². The Labute approximate surface area is 233 Å². The van der Waals surface area contributed by atoms with Crippen LogP contribution in [0.15, 0.2) is 22.1 Å². The number of hydrogen-bond donors (Lipinski definition) is 2. The van der Waals surface area contributed by atoms with Crippen molar-refractivity contribution in [1.29, 1.82) is 0 Å². The Morgan fingerprint density at radius 1 is 1.13 bits per heavy atom. The van der Waals surface area contributed by atoms with Crippen molar-refractivity contribution in [2.45, 2.75) is 109 Å². The molecule has 3 rings (SSSR count). The van der Waals surface area contributed by atoms with Crippen LogP contribution in [0.1, 0.15) is 53.3 Å². The Bertz CT molecular complexity index is 1340. The fraction of sp³-hybridized carbons (Fsp3) is 0.750. The molecule has 0 aliphatic carbocycles. The predicted molar refractivity (Wildman–Crippen MR) is 155 cm³/mol. The second-order valence-electron chi connectivity index (χ2n) is 13.3. The van der Waals surface area contributed by atoms with E-state index < -0.39 is 56.5 Å². The van der Waals surface area contributed by atoms with Crippen LogP contribution in [0.5, 0.6) is 0 Å². The molecule has 0 saturated carbocycles. The lowest BCUT2D eigenvalue weighted by atomic mass is 9.89. The highest BCUT2D eigenvalue weighted by Gasteiger charge is 2.67. The number of nitrogens with one attached hydrogen (secondary N) is 1. The van der Waals surface area contributed by atoms with Crippen molar-refractivity contribution >= 4 is 39.0 Å². The van der Waals surface area contributed by atoms with E-state index in [1.54, 1.807) is 13.1 Å². The number of rotatable bonds is 6. The monoisotopic (exact) mass is 605 g/mol. The Morgan fingerprint density at radius 2 is 1.68 bits per heavy atom. The standard InChI is InChI=1S/C24H43N3O7S2Si2/c1-15-12-27(21(28)26-19(15)35)20-18(33-38(10,11)23(5,6)7)24(16(25)14-36(29,30)34-24)17(32-20)13-31-37(8,9)22(2,3)4/h12,14,17-18,20H,13,25H2,1-11H3,(H,26,28,35)/t17-,18+,20-,24-/m1/s1. The summed E-state index contributed by atoms with van der Waals surface area (Å²) in [5.74, 6) is 0. The maximum absolute atomic E-state index is 13.1. The fourth-order valence-corrected chi connectivity index (χ4v) is 7.64. The van der Waals surface area contributed by atoms with Gasteiger partial charge in [0, 0.05) is 11.8 Å². The van der Waals surface area contributed by atoms with E-state index in [0.29, 0.717) is 10.2 Å². The minimum absolute atomic E-state index is 0.00494. The summed E-state index contributed by atoms with van der Waals surface area (Å²) in [6.45, 7) is 22.5. The molecule has 14 heteroatoms. The quantitative estimate of drug-likeness (QED) is 0.274. The number of hydrogen-bond acceptors (Lipinski definition) is 9. The van der Waals surface area contributed by atoms with E-state index in [1.165, 1.54) is 4.57 Å². The molecule has 216 valence electrons. The Hall–Kier alpha value is -1.14. The molecule has 1 aromatic heterocycles. The smallest absolute Gasteiger partial charge is 0.328 e. The molecule has 0 aromatic carbocycles. The molecular weight excluding hydrogens is 563 g/mol. The van der Waals surface area contributed by atoms with Gasteiger partial charge in [-0.2, -0.15) is 8.42 Å². The van der Waals surface area contributed by atoms with Gasteiger partial charge in [0.15, 0.2) is 28.5 Å². The highest BCUT2D eigenvalue weighted by molar-refractivity contribution is 7.90. The average Bonchev–Trinajstić information content (AvgIpc) is 3.14. The van der Waals surface area contributed by atoms with Crippen LogP contribution in [0.3, 0.4) is 0 Å². The molecule has 1 aromatic rings. The van der Waals surface area contributed by atoms with Crippen molar-refractivity contribution < 1.29 is 26.2 Å². The molecular formula is C24H43N3O7S2Si2. The normalized spacial score (nSPS) is 28.2. The van der Waals surface area contributed by atoms with Crippen LogP contribution in [0.4, 0.5) is 0 Å². The van der Waals surface area contributed by atoms with Crippen molar-refractivity contribution in [3.8, 4) is 0 Å². The van der Waals surface area contributed by atoms with Gasteiger partial charge in [-0.1, -0.05) is 53.8 Å². The molecule has 0 unspecified atom stereocenters. The van der Waals surface area contributed by atoms with Crippen LogP contribution in [0, 0.1) is 11.6 Å². The SMILES string of the molecule is Cc1cn([C@@H]2O[C@H](CO[Si](C)(C)C(C)(C)C)[C@@]3(OS(=O)(=O)C=C3N)[C@H]2O[Si](C)(C)C(C)(C)C)c(=O)[nH]c1=S. The van der Waals surface area contributed by atoms with Gasteiger partial charge in [-0.05, 0) is 43.2 Å². The number of ether oxygens (including phenoxy) is 1. The maximum Gasteiger partial charge on any atom is 0.328 e. The number of aromatic amines is 1. The lowest BCUT2D eigenvalue weighted by Crippen LogP contribution is -2.59.